The predicted molar refractivity (Wildman–Crippen MR) is 99.7 cm³/mol. The maximum absolute atomic E-state index is 13.0. The highest BCUT2D eigenvalue weighted by molar-refractivity contribution is 6.06. The van der Waals surface area contributed by atoms with Crippen LogP contribution in [0.15, 0.2) is 60.8 Å². The molecule has 0 saturated carbocycles. The molecule has 6 nitrogen and oxygen atoms in total. The van der Waals surface area contributed by atoms with Crippen molar-refractivity contribution >= 4 is 23.3 Å². The number of esters is 1. The molecule has 0 unspecified atom stereocenters. The molecule has 3 N–H and O–H groups in total. The van der Waals surface area contributed by atoms with Crippen LogP contribution in [0, 0.1) is 5.95 Å². The molecule has 1 amide bonds. The first-order valence-corrected chi connectivity index (χ1v) is 8.03. The summed E-state index contributed by atoms with van der Waals surface area (Å²) in [6.45, 7) is 1.30. The first-order chi connectivity index (χ1) is 12.9. The molecule has 3 rings (SSSR count). The van der Waals surface area contributed by atoms with Crippen LogP contribution in [0.2, 0.25) is 0 Å². The molecule has 0 aliphatic carbocycles. The van der Waals surface area contributed by atoms with E-state index in [1.165, 1.54) is 43.5 Å². The van der Waals surface area contributed by atoms with E-state index in [9.17, 15) is 14.0 Å². The third kappa shape index (κ3) is 4.46. The van der Waals surface area contributed by atoms with E-state index < -0.39 is 11.9 Å². The standard InChI is InChI=1S/C20H16FN3O3/c1-12(25)27-16-6-2-13(3-7-16)20(26)24-18-10-14(4-8-17(18)22)15-5-9-19(21)23-11-15/h2-11H,22H2,1H3,(H,24,26). The van der Waals surface area contributed by atoms with Gasteiger partial charge in [0.15, 0.2) is 0 Å². The maximum atomic E-state index is 13.0. The normalized spacial score (nSPS) is 10.3. The molecular formula is C20H16FN3O3. The molecule has 0 radical (unpaired) electrons. The summed E-state index contributed by atoms with van der Waals surface area (Å²) in [6, 6.07) is 14.1. The van der Waals surface area contributed by atoms with E-state index in [0.29, 0.717) is 28.3 Å². The van der Waals surface area contributed by atoms with Crippen LogP contribution in [0.3, 0.4) is 0 Å². The zero-order valence-corrected chi connectivity index (χ0v) is 14.4. The van der Waals surface area contributed by atoms with E-state index in [4.69, 9.17) is 10.5 Å². The molecule has 3 aromatic rings. The van der Waals surface area contributed by atoms with Gasteiger partial charge in [0.2, 0.25) is 5.95 Å². The van der Waals surface area contributed by atoms with Gasteiger partial charge in [0.25, 0.3) is 5.91 Å². The van der Waals surface area contributed by atoms with Crippen molar-refractivity contribution < 1.29 is 18.7 Å². The molecule has 0 fully saturated rings. The number of amides is 1. The molecule has 0 atom stereocenters. The topological polar surface area (TPSA) is 94.3 Å². The highest BCUT2D eigenvalue weighted by atomic mass is 19.1. The number of anilines is 2. The van der Waals surface area contributed by atoms with Crippen molar-refractivity contribution in [1.82, 2.24) is 4.98 Å². The van der Waals surface area contributed by atoms with Crippen molar-refractivity contribution in [2.75, 3.05) is 11.1 Å². The minimum Gasteiger partial charge on any atom is -0.427 e. The Labute approximate surface area is 154 Å². The van der Waals surface area contributed by atoms with Crippen LogP contribution in [0.5, 0.6) is 5.75 Å². The molecule has 0 aliphatic heterocycles. The number of nitrogen functional groups attached to an aromatic ring is 1. The summed E-state index contributed by atoms with van der Waals surface area (Å²) in [4.78, 5) is 27.0. The van der Waals surface area contributed by atoms with Crippen LogP contribution in [0.25, 0.3) is 11.1 Å². The Bertz CT molecular complexity index is 986. The van der Waals surface area contributed by atoms with Crippen LogP contribution in [-0.4, -0.2) is 16.9 Å². The Morgan fingerprint density at radius 2 is 1.74 bits per heavy atom. The first kappa shape index (κ1) is 18.1. The third-order valence-electron chi connectivity index (χ3n) is 3.74. The summed E-state index contributed by atoms with van der Waals surface area (Å²) in [5.74, 6) is -1.03. The number of halogens is 1. The molecule has 0 bridgehead atoms. The van der Waals surface area contributed by atoms with Gasteiger partial charge in [0, 0.05) is 24.2 Å². The molecule has 7 heteroatoms. The van der Waals surface area contributed by atoms with E-state index in [2.05, 4.69) is 10.3 Å². The van der Waals surface area contributed by atoms with E-state index in [-0.39, 0.29) is 5.91 Å². The zero-order chi connectivity index (χ0) is 19.4. The van der Waals surface area contributed by atoms with Gasteiger partial charge in [-0.2, -0.15) is 4.39 Å². The smallest absolute Gasteiger partial charge is 0.308 e. The largest absolute Gasteiger partial charge is 0.427 e. The van der Waals surface area contributed by atoms with Crippen molar-refractivity contribution in [2.24, 2.45) is 0 Å². The Morgan fingerprint density at radius 3 is 2.37 bits per heavy atom. The molecule has 1 heterocycles. The van der Waals surface area contributed by atoms with E-state index in [1.807, 2.05) is 0 Å². The van der Waals surface area contributed by atoms with Gasteiger partial charge >= 0.3 is 5.97 Å². The fourth-order valence-electron chi connectivity index (χ4n) is 2.43. The molecule has 136 valence electrons. The number of nitrogens with zero attached hydrogens (tertiary/aromatic N) is 1. The molecule has 0 saturated heterocycles. The van der Waals surface area contributed by atoms with Crippen LogP contribution >= 0.6 is 0 Å². The van der Waals surface area contributed by atoms with Gasteiger partial charge in [-0.05, 0) is 54.1 Å². The lowest BCUT2D eigenvalue weighted by Crippen LogP contribution is -2.13. The van der Waals surface area contributed by atoms with Crippen molar-refractivity contribution in [2.45, 2.75) is 6.92 Å². The van der Waals surface area contributed by atoms with Crippen molar-refractivity contribution in [1.29, 1.82) is 0 Å². The number of aromatic nitrogens is 1. The second-order valence-corrected chi connectivity index (χ2v) is 5.74. The summed E-state index contributed by atoms with van der Waals surface area (Å²) < 4.78 is 17.9. The van der Waals surface area contributed by atoms with Crippen LogP contribution in [0.4, 0.5) is 15.8 Å². The van der Waals surface area contributed by atoms with Crippen molar-refractivity contribution in [3.8, 4) is 16.9 Å². The Kier molecular flexibility index (Phi) is 5.12. The molecule has 0 aliphatic rings. The number of ether oxygens (including phenoxy) is 1. The number of rotatable bonds is 4. The highest BCUT2D eigenvalue weighted by Crippen LogP contribution is 2.27. The Hall–Kier alpha value is -3.74. The lowest BCUT2D eigenvalue weighted by Gasteiger charge is -2.11. The number of carbonyl (C=O) groups excluding carboxylic acids is 2. The van der Waals surface area contributed by atoms with Crippen molar-refractivity contribution in [3.63, 3.8) is 0 Å². The average molecular weight is 365 g/mol. The predicted octanol–water partition coefficient (Wildman–Crippen LogP) is 3.65. The minimum atomic E-state index is -0.570. The molecule has 0 spiro atoms. The zero-order valence-electron chi connectivity index (χ0n) is 14.4. The number of nitrogens with one attached hydrogen (secondary N) is 1. The van der Waals surface area contributed by atoms with Gasteiger partial charge in [-0.15, -0.1) is 0 Å². The summed E-state index contributed by atoms with van der Waals surface area (Å²) in [6.07, 6.45) is 1.40. The van der Waals surface area contributed by atoms with Gasteiger partial charge in [-0.25, -0.2) is 4.98 Å². The fraction of sp³-hybridized carbons (Fsp3) is 0.0500. The van der Waals surface area contributed by atoms with Gasteiger partial charge in [-0.3, -0.25) is 9.59 Å². The van der Waals surface area contributed by atoms with E-state index in [0.717, 1.165) is 5.56 Å². The Balaban J connectivity index is 1.80. The number of benzene rings is 2. The number of pyridine rings is 1. The lowest BCUT2D eigenvalue weighted by molar-refractivity contribution is -0.131. The monoisotopic (exact) mass is 365 g/mol. The highest BCUT2D eigenvalue weighted by Gasteiger charge is 2.10. The maximum Gasteiger partial charge on any atom is 0.308 e. The van der Waals surface area contributed by atoms with Gasteiger partial charge in [0.1, 0.15) is 5.75 Å². The van der Waals surface area contributed by atoms with E-state index in [1.54, 1.807) is 24.3 Å². The van der Waals surface area contributed by atoms with Crippen LogP contribution < -0.4 is 15.8 Å². The average Bonchev–Trinajstić information content (AvgIpc) is 2.64. The summed E-state index contributed by atoms with van der Waals surface area (Å²) in [5.41, 5.74) is 8.56. The molecular weight excluding hydrogens is 349 g/mol. The molecule has 2 aromatic carbocycles. The number of hydrogen-bond donors (Lipinski definition) is 2. The molecule has 1 aromatic heterocycles. The second-order valence-electron chi connectivity index (χ2n) is 5.74. The Morgan fingerprint density at radius 1 is 1.04 bits per heavy atom. The third-order valence-corrected chi connectivity index (χ3v) is 3.74. The summed E-state index contributed by atoms with van der Waals surface area (Å²) >= 11 is 0. The summed E-state index contributed by atoms with van der Waals surface area (Å²) in [7, 11) is 0. The van der Waals surface area contributed by atoms with E-state index >= 15 is 0 Å². The minimum absolute atomic E-state index is 0.351. The summed E-state index contributed by atoms with van der Waals surface area (Å²) in [5, 5.41) is 2.74. The lowest BCUT2D eigenvalue weighted by atomic mass is 10.1. The number of carbonyl (C=O) groups is 2. The second kappa shape index (κ2) is 7.65. The number of hydrogen-bond acceptors (Lipinski definition) is 5. The van der Waals surface area contributed by atoms with Gasteiger partial charge in [-0.1, -0.05) is 6.07 Å². The van der Waals surface area contributed by atoms with Crippen LogP contribution in [-0.2, 0) is 4.79 Å². The first-order valence-electron chi connectivity index (χ1n) is 8.03. The molecule has 27 heavy (non-hydrogen) atoms. The van der Waals surface area contributed by atoms with Crippen molar-refractivity contribution in [3.05, 3.63) is 72.3 Å². The SMILES string of the molecule is CC(=O)Oc1ccc(C(=O)Nc2cc(-c3ccc(F)nc3)ccc2N)cc1. The van der Waals surface area contributed by atoms with Gasteiger partial charge in [0.05, 0.1) is 11.4 Å². The number of nitrogens with two attached hydrogens (primary N) is 1. The fourth-order valence-corrected chi connectivity index (χ4v) is 2.43. The van der Waals surface area contributed by atoms with Crippen LogP contribution in [0.1, 0.15) is 17.3 Å². The van der Waals surface area contributed by atoms with Gasteiger partial charge < -0.3 is 15.8 Å². The quantitative estimate of drug-likeness (QED) is 0.319.